The number of thiazole rings is 1. The highest BCUT2D eigenvalue weighted by Gasteiger charge is 2.22. The summed E-state index contributed by atoms with van der Waals surface area (Å²) in [6.45, 7) is 1.93. The molecule has 1 N–H and O–H groups in total. The standard InChI is InChI=1S/C13H14FN3S/c14-10-1-3-12(4-2-10)17-7-5-11(9-17)16-13-15-6-8-18-13/h1-4,6,8,11H,5,7,9H2,(H,15,16). The van der Waals surface area contributed by atoms with Crippen LogP contribution in [0.25, 0.3) is 0 Å². The van der Waals surface area contributed by atoms with Gasteiger partial charge in [-0.25, -0.2) is 9.37 Å². The van der Waals surface area contributed by atoms with Gasteiger partial charge in [0.15, 0.2) is 5.13 Å². The maximum absolute atomic E-state index is 12.9. The third kappa shape index (κ3) is 2.46. The second-order valence-electron chi connectivity index (χ2n) is 4.39. The van der Waals surface area contributed by atoms with Gasteiger partial charge in [-0.2, -0.15) is 0 Å². The number of nitrogens with one attached hydrogen (secondary N) is 1. The third-order valence-corrected chi connectivity index (χ3v) is 3.84. The molecule has 3 rings (SSSR count). The average Bonchev–Trinajstić information content (AvgIpc) is 3.02. The molecule has 1 aromatic carbocycles. The smallest absolute Gasteiger partial charge is 0.182 e. The molecular formula is C13H14FN3S. The number of anilines is 2. The van der Waals surface area contributed by atoms with Crippen molar-refractivity contribution in [2.75, 3.05) is 23.3 Å². The molecule has 2 aromatic rings. The van der Waals surface area contributed by atoms with Crippen LogP contribution >= 0.6 is 11.3 Å². The van der Waals surface area contributed by atoms with Crippen molar-refractivity contribution in [3.63, 3.8) is 0 Å². The van der Waals surface area contributed by atoms with Crippen LogP contribution in [-0.4, -0.2) is 24.1 Å². The van der Waals surface area contributed by atoms with Crippen molar-refractivity contribution in [3.05, 3.63) is 41.7 Å². The lowest BCUT2D eigenvalue weighted by Crippen LogP contribution is -2.25. The van der Waals surface area contributed by atoms with E-state index in [2.05, 4.69) is 15.2 Å². The van der Waals surface area contributed by atoms with Gasteiger partial charge in [0, 0.05) is 36.4 Å². The predicted octanol–water partition coefficient (Wildman–Crippen LogP) is 2.97. The quantitative estimate of drug-likeness (QED) is 0.922. The van der Waals surface area contributed by atoms with E-state index >= 15 is 0 Å². The summed E-state index contributed by atoms with van der Waals surface area (Å²) in [6, 6.07) is 7.11. The van der Waals surface area contributed by atoms with E-state index in [-0.39, 0.29) is 5.82 Å². The zero-order valence-electron chi connectivity index (χ0n) is 9.84. The Balaban J connectivity index is 1.63. The fourth-order valence-corrected chi connectivity index (χ4v) is 2.84. The SMILES string of the molecule is Fc1ccc(N2CCC(Nc3nccs3)C2)cc1. The van der Waals surface area contributed by atoms with Gasteiger partial charge in [-0.3, -0.25) is 0 Å². The highest BCUT2D eigenvalue weighted by Crippen LogP contribution is 2.23. The van der Waals surface area contributed by atoms with E-state index in [9.17, 15) is 4.39 Å². The number of rotatable bonds is 3. The molecule has 0 aliphatic carbocycles. The molecule has 18 heavy (non-hydrogen) atoms. The van der Waals surface area contributed by atoms with E-state index in [0.29, 0.717) is 6.04 Å². The highest BCUT2D eigenvalue weighted by atomic mass is 32.1. The fourth-order valence-electron chi connectivity index (χ4n) is 2.23. The molecule has 1 fully saturated rings. The molecule has 0 saturated carbocycles. The summed E-state index contributed by atoms with van der Waals surface area (Å²) in [5.41, 5.74) is 1.08. The van der Waals surface area contributed by atoms with Crippen molar-refractivity contribution in [2.45, 2.75) is 12.5 Å². The molecule has 94 valence electrons. The molecule has 0 amide bonds. The van der Waals surface area contributed by atoms with E-state index in [0.717, 1.165) is 30.3 Å². The van der Waals surface area contributed by atoms with Gasteiger partial charge in [0.2, 0.25) is 0 Å². The number of hydrogen-bond acceptors (Lipinski definition) is 4. The Morgan fingerprint density at radius 2 is 2.17 bits per heavy atom. The molecule has 0 radical (unpaired) electrons. The average molecular weight is 263 g/mol. The number of benzene rings is 1. The summed E-state index contributed by atoms with van der Waals surface area (Å²) in [4.78, 5) is 6.50. The zero-order chi connectivity index (χ0) is 12.4. The molecule has 5 heteroatoms. The fraction of sp³-hybridized carbons (Fsp3) is 0.308. The van der Waals surface area contributed by atoms with Crippen LogP contribution in [0.15, 0.2) is 35.8 Å². The molecule has 1 aromatic heterocycles. The Labute approximate surface area is 109 Å². The van der Waals surface area contributed by atoms with Crippen LogP contribution < -0.4 is 10.2 Å². The maximum atomic E-state index is 12.9. The Morgan fingerprint density at radius 3 is 2.89 bits per heavy atom. The number of nitrogens with zero attached hydrogens (tertiary/aromatic N) is 2. The minimum atomic E-state index is -0.185. The molecule has 3 nitrogen and oxygen atoms in total. The maximum Gasteiger partial charge on any atom is 0.182 e. The number of halogens is 1. The zero-order valence-corrected chi connectivity index (χ0v) is 10.7. The first-order valence-corrected chi connectivity index (χ1v) is 6.86. The van der Waals surface area contributed by atoms with E-state index in [1.165, 1.54) is 12.1 Å². The second-order valence-corrected chi connectivity index (χ2v) is 5.28. The minimum absolute atomic E-state index is 0.185. The molecule has 0 spiro atoms. The van der Waals surface area contributed by atoms with Crippen LogP contribution in [0, 0.1) is 5.82 Å². The number of hydrogen-bond donors (Lipinski definition) is 1. The molecule has 1 saturated heterocycles. The van der Waals surface area contributed by atoms with Gasteiger partial charge in [0.25, 0.3) is 0 Å². The molecule has 0 bridgehead atoms. The first kappa shape index (κ1) is 11.5. The monoisotopic (exact) mass is 263 g/mol. The van der Waals surface area contributed by atoms with Gasteiger partial charge < -0.3 is 10.2 Å². The second kappa shape index (κ2) is 4.94. The van der Waals surface area contributed by atoms with Crippen LogP contribution in [0.2, 0.25) is 0 Å². The first-order chi connectivity index (χ1) is 8.81. The Morgan fingerprint density at radius 1 is 1.33 bits per heavy atom. The van der Waals surface area contributed by atoms with Gasteiger partial charge in [0.1, 0.15) is 5.82 Å². The van der Waals surface area contributed by atoms with Crippen molar-refractivity contribution in [2.24, 2.45) is 0 Å². The van der Waals surface area contributed by atoms with Crippen molar-refractivity contribution in [1.29, 1.82) is 0 Å². The van der Waals surface area contributed by atoms with Crippen molar-refractivity contribution in [1.82, 2.24) is 4.98 Å². The molecule has 2 heterocycles. The Bertz CT molecular complexity index is 497. The molecular weight excluding hydrogens is 249 g/mol. The van der Waals surface area contributed by atoms with Gasteiger partial charge in [-0.15, -0.1) is 11.3 Å². The van der Waals surface area contributed by atoms with Crippen molar-refractivity contribution in [3.8, 4) is 0 Å². The molecule has 1 aliphatic heterocycles. The van der Waals surface area contributed by atoms with E-state index in [1.54, 1.807) is 17.5 Å². The Kier molecular flexibility index (Phi) is 3.15. The third-order valence-electron chi connectivity index (χ3n) is 3.14. The van der Waals surface area contributed by atoms with Gasteiger partial charge in [-0.05, 0) is 30.7 Å². The van der Waals surface area contributed by atoms with E-state index in [4.69, 9.17) is 0 Å². The summed E-state index contributed by atoms with van der Waals surface area (Å²) in [7, 11) is 0. The first-order valence-electron chi connectivity index (χ1n) is 5.98. The van der Waals surface area contributed by atoms with Crippen molar-refractivity contribution >= 4 is 22.2 Å². The van der Waals surface area contributed by atoms with Gasteiger partial charge in [-0.1, -0.05) is 0 Å². The van der Waals surface area contributed by atoms with Crippen LogP contribution in [0.5, 0.6) is 0 Å². The summed E-state index contributed by atoms with van der Waals surface area (Å²) in [5.74, 6) is -0.185. The highest BCUT2D eigenvalue weighted by molar-refractivity contribution is 7.13. The largest absolute Gasteiger partial charge is 0.369 e. The summed E-state index contributed by atoms with van der Waals surface area (Å²) < 4.78 is 12.9. The van der Waals surface area contributed by atoms with Crippen molar-refractivity contribution < 1.29 is 4.39 Å². The van der Waals surface area contributed by atoms with E-state index < -0.39 is 0 Å². The molecule has 1 atom stereocenters. The van der Waals surface area contributed by atoms with Crippen LogP contribution in [0.3, 0.4) is 0 Å². The molecule has 1 aliphatic rings. The van der Waals surface area contributed by atoms with E-state index in [1.807, 2.05) is 17.5 Å². The van der Waals surface area contributed by atoms with Crippen LogP contribution in [0.1, 0.15) is 6.42 Å². The summed E-state index contributed by atoms with van der Waals surface area (Å²) in [5, 5.41) is 6.36. The van der Waals surface area contributed by atoms with Crippen LogP contribution in [0.4, 0.5) is 15.2 Å². The summed E-state index contributed by atoms with van der Waals surface area (Å²) in [6.07, 6.45) is 2.89. The summed E-state index contributed by atoms with van der Waals surface area (Å²) >= 11 is 1.62. The normalized spacial score (nSPS) is 19.2. The lowest BCUT2D eigenvalue weighted by atomic mass is 10.3. The lowest BCUT2D eigenvalue weighted by molar-refractivity contribution is 0.627. The minimum Gasteiger partial charge on any atom is -0.369 e. The topological polar surface area (TPSA) is 28.2 Å². The Hall–Kier alpha value is -1.62. The van der Waals surface area contributed by atoms with Gasteiger partial charge >= 0.3 is 0 Å². The van der Waals surface area contributed by atoms with Gasteiger partial charge in [0.05, 0.1) is 0 Å². The van der Waals surface area contributed by atoms with Crippen LogP contribution in [-0.2, 0) is 0 Å². The number of aromatic nitrogens is 1. The lowest BCUT2D eigenvalue weighted by Gasteiger charge is -2.18. The molecule has 1 unspecified atom stereocenters. The predicted molar refractivity (Wildman–Crippen MR) is 72.8 cm³/mol.